The Morgan fingerprint density at radius 3 is 2.14 bits per heavy atom. The second-order valence-corrected chi connectivity index (χ2v) is 9.95. The molecule has 3 saturated heterocycles. The van der Waals surface area contributed by atoms with Crippen molar-refractivity contribution in [2.24, 2.45) is 0 Å². The summed E-state index contributed by atoms with van der Waals surface area (Å²) >= 11 is 0. The third kappa shape index (κ3) is 4.50. The molecule has 3 aliphatic heterocycles. The summed E-state index contributed by atoms with van der Waals surface area (Å²) in [7, 11) is -3.51. The number of hydrogen-bond donors (Lipinski definition) is 0. The van der Waals surface area contributed by atoms with Crippen molar-refractivity contribution in [3.8, 4) is 0 Å². The molecule has 3 fully saturated rings. The van der Waals surface area contributed by atoms with Crippen molar-refractivity contribution >= 4 is 15.9 Å². The molecule has 160 valence electrons. The van der Waals surface area contributed by atoms with Crippen molar-refractivity contribution in [1.82, 2.24) is 9.21 Å². The molecule has 1 amide bonds. The average Bonchev–Trinajstić information content (AvgIpc) is 3.14. The Kier molecular flexibility index (Phi) is 6.53. The van der Waals surface area contributed by atoms with Crippen LogP contribution < -0.4 is 0 Å². The van der Waals surface area contributed by atoms with Crippen LogP contribution in [0.25, 0.3) is 0 Å². The SMILES string of the molecule is O=C(c1ccc(S(=O)(=O)N2CCCCCC2)cc1)N1CCCCC1C1OCCO1. The maximum atomic E-state index is 13.1. The zero-order chi connectivity index (χ0) is 20.3. The lowest BCUT2D eigenvalue weighted by atomic mass is 10.00. The lowest BCUT2D eigenvalue weighted by Crippen LogP contribution is -2.50. The fraction of sp³-hybridized carbons (Fsp3) is 0.667. The lowest BCUT2D eigenvalue weighted by Gasteiger charge is -2.38. The second kappa shape index (κ2) is 9.12. The minimum Gasteiger partial charge on any atom is -0.348 e. The third-order valence-corrected chi connectivity index (χ3v) is 7.99. The van der Waals surface area contributed by atoms with Crippen LogP contribution in [0.1, 0.15) is 55.3 Å². The van der Waals surface area contributed by atoms with Gasteiger partial charge in [-0.2, -0.15) is 4.31 Å². The zero-order valence-corrected chi connectivity index (χ0v) is 17.6. The van der Waals surface area contributed by atoms with Crippen LogP contribution in [0.5, 0.6) is 0 Å². The first-order valence-electron chi connectivity index (χ1n) is 10.7. The van der Waals surface area contributed by atoms with Crippen LogP contribution in [0, 0.1) is 0 Å². The number of hydrogen-bond acceptors (Lipinski definition) is 5. The second-order valence-electron chi connectivity index (χ2n) is 8.01. The first kappa shape index (κ1) is 20.8. The molecule has 7 nitrogen and oxygen atoms in total. The Hall–Kier alpha value is -1.48. The van der Waals surface area contributed by atoms with Gasteiger partial charge in [0, 0.05) is 25.2 Å². The zero-order valence-electron chi connectivity index (χ0n) is 16.8. The fourth-order valence-electron chi connectivity index (χ4n) is 4.46. The van der Waals surface area contributed by atoms with Crippen LogP contribution in [-0.4, -0.2) is 68.7 Å². The van der Waals surface area contributed by atoms with Crippen molar-refractivity contribution < 1.29 is 22.7 Å². The van der Waals surface area contributed by atoms with Gasteiger partial charge in [-0.15, -0.1) is 0 Å². The molecule has 4 rings (SSSR count). The third-order valence-electron chi connectivity index (χ3n) is 6.08. The van der Waals surface area contributed by atoms with Gasteiger partial charge < -0.3 is 14.4 Å². The van der Waals surface area contributed by atoms with E-state index in [9.17, 15) is 13.2 Å². The highest BCUT2D eigenvalue weighted by molar-refractivity contribution is 7.89. The van der Waals surface area contributed by atoms with Gasteiger partial charge in [0.25, 0.3) is 5.91 Å². The summed E-state index contributed by atoms with van der Waals surface area (Å²) in [5.41, 5.74) is 0.504. The quantitative estimate of drug-likeness (QED) is 0.746. The van der Waals surface area contributed by atoms with Crippen LogP contribution >= 0.6 is 0 Å². The minimum atomic E-state index is -3.51. The van der Waals surface area contributed by atoms with E-state index in [1.54, 1.807) is 28.6 Å². The van der Waals surface area contributed by atoms with Gasteiger partial charge in [-0.1, -0.05) is 12.8 Å². The Morgan fingerprint density at radius 2 is 1.48 bits per heavy atom. The number of rotatable bonds is 4. The summed E-state index contributed by atoms with van der Waals surface area (Å²) in [4.78, 5) is 15.2. The average molecular weight is 423 g/mol. The maximum absolute atomic E-state index is 13.1. The van der Waals surface area contributed by atoms with Crippen molar-refractivity contribution in [2.75, 3.05) is 32.8 Å². The van der Waals surface area contributed by atoms with E-state index in [-0.39, 0.29) is 23.1 Å². The summed E-state index contributed by atoms with van der Waals surface area (Å²) in [6.45, 7) is 2.93. The molecule has 0 N–H and O–H groups in total. The van der Waals surface area contributed by atoms with Crippen LogP contribution in [0.4, 0.5) is 0 Å². The number of carbonyl (C=O) groups excluding carboxylic acids is 1. The van der Waals surface area contributed by atoms with Gasteiger partial charge in [0.05, 0.1) is 24.2 Å². The Bertz CT molecular complexity index is 797. The molecule has 0 aromatic heterocycles. The first-order chi connectivity index (χ1) is 14.1. The Balaban J connectivity index is 1.49. The number of piperidine rings is 1. The van der Waals surface area contributed by atoms with Gasteiger partial charge in [0.2, 0.25) is 10.0 Å². The first-order valence-corrected chi connectivity index (χ1v) is 12.2. The predicted octanol–water partition coefficient (Wildman–Crippen LogP) is 2.62. The number of nitrogens with zero attached hydrogens (tertiary/aromatic N) is 2. The molecule has 8 heteroatoms. The van der Waals surface area contributed by atoms with Gasteiger partial charge in [-0.3, -0.25) is 4.79 Å². The van der Waals surface area contributed by atoms with Crippen LogP contribution in [0.2, 0.25) is 0 Å². The number of amides is 1. The van der Waals surface area contributed by atoms with Crippen molar-refractivity contribution in [2.45, 2.75) is 62.2 Å². The van der Waals surface area contributed by atoms with E-state index in [0.29, 0.717) is 38.4 Å². The molecular weight excluding hydrogens is 392 g/mol. The predicted molar refractivity (Wildman–Crippen MR) is 108 cm³/mol. The molecular formula is C21H30N2O5S. The van der Waals surface area contributed by atoms with E-state index in [2.05, 4.69) is 0 Å². The number of likely N-dealkylation sites (tertiary alicyclic amines) is 1. The van der Waals surface area contributed by atoms with E-state index in [1.165, 1.54) is 0 Å². The summed E-state index contributed by atoms with van der Waals surface area (Å²) < 4.78 is 38.8. The van der Waals surface area contributed by atoms with E-state index in [1.807, 2.05) is 4.90 Å². The van der Waals surface area contributed by atoms with Gasteiger partial charge in [-0.05, 0) is 56.4 Å². The molecule has 1 aromatic carbocycles. The maximum Gasteiger partial charge on any atom is 0.254 e. The molecule has 29 heavy (non-hydrogen) atoms. The normalized spacial score (nSPS) is 25.1. The van der Waals surface area contributed by atoms with Gasteiger partial charge in [0.1, 0.15) is 0 Å². The summed E-state index contributed by atoms with van der Waals surface area (Å²) in [5, 5.41) is 0. The molecule has 0 saturated carbocycles. The Morgan fingerprint density at radius 1 is 0.862 bits per heavy atom. The van der Waals surface area contributed by atoms with E-state index in [4.69, 9.17) is 9.47 Å². The molecule has 1 aromatic rings. The summed E-state index contributed by atoms with van der Waals surface area (Å²) in [5.74, 6) is -0.0903. The molecule has 1 atom stereocenters. The monoisotopic (exact) mass is 422 g/mol. The van der Waals surface area contributed by atoms with Crippen molar-refractivity contribution in [3.05, 3.63) is 29.8 Å². The molecule has 3 aliphatic rings. The largest absolute Gasteiger partial charge is 0.348 e. The standard InChI is InChI=1S/C21H30N2O5S/c24-20(23-14-6-3-7-19(23)21-27-15-16-28-21)17-8-10-18(11-9-17)29(25,26)22-12-4-1-2-5-13-22/h8-11,19,21H,1-7,12-16H2. The number of sulfonamides is 1. The van der Waals surface area contributed by atoms with Gasteiger partial charge in [-0.25, -0.2) is 8.42 Å². The van der Waals surface area contributed by atoms with Crippen molar-refractivity contribution in [3.63, 3.8) is 0 Å². The number of benzene rings is 1. The highest BCUT2D eigenvalue weighted by Crippen LogP contribution is 2.27. The van der Waals surface area contributed by atoms with Crippen LogP contribution in [-0.2, 0) is 19.5 Å². The minimum absolute atomic E-state index is 0.0840. The molecule has 0 bridgehead atoms. The fourth-order valence-corrected chi connectivity index (χ4v) is 5.97. The molecule has 0 radical (unpaired) electrons. The van der Waals surface area contributed by atoms with Crippen LogP contribution in [0.15, 0.2) is 29.2 Å². The Labute approximate surface area is 173 Å². The summed E-state index contributed by atoms with van der Waals surface area (Å²) in [6.07, 6.45) is 6.45. The van der Waals surface area contributed by atoms with Gasteiger partial charge >= 0.3 is 0 Å². The van der Waals surface area contributed by atoms with Crippen LogP contribution in [0.3, 0.4) is 0 Å². The molecule has 0 spiro atoms. The number of carbonyl (C=O) groups is 1. The topological polar surface area (TPSA) is 76.2 Å². The molecule has 3 heterocycles. The summed E-state index contributed by atoms with van der Waals surface area (Å²) in [6, 6.07) is 6.31. The number of ether oxygens (including phenoxy) is 2. The van der Waals surface area contributed by atoms with Crippen molar-refractivity contribution in [1.29, 1.82) is 0 Å². The molecule has 0 aliphatic carbocycles. The highest BCUT2D eigenvalue weighted by Gasteiger charge is 2.36. The van der Waals surface area contributed by atoms with E-state index < -0.39 is 10.0 Å². The highest BCUT2D eigenvalue weighted by atomic mass is 32.2. The lowest BCUT2D eigenvalue weighted by molar-refractivity contribution is -0.100. The van der Waals surface area contributed by atoms with E-state index >= 15 is 0 Å². The smallest absolute Gasteiger partial charge is 0.254 e. The van der Waals surface area contributed by atoms with Gasteiger partial charge in [0.15, 0.2) is 6.29 Å². The van der Waals surface area contributed by atoms with E-state index in [0.717, 1.165) is 44.9 Å². The molecule has 1 unspecified atom stereocenters.